The number of hydrogen-bond acceptors (Lipinski definition) is 7. The summed E-state index contributed by atoms with van der Waals surface area (Å²) in [7, 11) is 0. The Kier molecular flexibility index (Phi) is 18.3. The largest absolute Gasteiger partial charge is 0.417 e. The quantitative estimate of drug-likeness (QED) is 0.101. The van der Waals surface area contributed by atoms with Gasteiger partial charge in [0.15, 0.2) is 6.29 Å². The average molecular weight is 1020 g/mol. The molecule has 17 heteroatoms. The fourth-order valence-corrected chi connectivity index (χ4v) is 11.4. The lowest BCUT2D eigenvalue weighted by atomic mass is 9.89. The first-order valence-electron chi connectivity index (χ1n) is 26.4. The highest BCUT2D eigenvalue weighted by Crippen LogP contribution is 2.40. The van der Waals surface area contributed by atoms with Crippen LogP contribution in [-0.4, -0.2) is 96.9 Å². The third kappa shape index (κ3) is 13.9. The number of halogens is 6. The molecule has 2 aliphatic carbocycles. The SMILES string of the molecule is Cc1c(C(=O)NC2CCOCC2)cc(-c2ccc(C=O)c(C(F)(F)F)c2)n1CC1CCCCC1.Cc1c(C(=O)NC2CCOCC2)cc(-c2ccc(CN3CCOCC3)c(C(F)(F)F)c2)n1CC1CCCCC1. The van der Waals surface area contributed by atoms with Gasteiger partial charge in [0, 0.05) is 99.6 Å². The number of ether oxygens (including phenoxy) is 3. The maximum Gasteiger partial charge on any atom is 0.417 e. The number of hydrogen-bond donors (Lipinski definition) is 2. The second kappa shape index (κ2) is 24.6. The Bertz CT molecular complexity index is 2500. The highest BCUT2D eigenvalue weighted by molar-refractivity contribution is 5.98. The number of amides is 2. The van der Waals surface area contributed by atoms with E-state index in [2.05, 4.69) is 15.2 Å². The number of nitrogens with one attached hydrogen (secondary N) is 2. The van der Waals surface area contributed by atoms with Crippen LogP contribution in [0.1, 0.15) is 149 Å². The highest BCUT2D eigenvalue weighted by atomic mass is 19.4. The minimum atomic E-state index is -4.65. The summed E-state index contributed by atoms with van der Waals surface area (Å²) >= 11 is 0. The Morgan fingerprint density at radius 1 is 0.575 bits per heavy atom. The summed E-state index contributed by atoms with van der Waals surface area (Å²) in [5.41, 5.74) is 2.98. The van der Waals surface area contributed by atoms with Crippen molar-refractivity contribution in [3.8, 4) is 22.5 Å². The van der Waals surface area contributed by atoms with Crippen molar-refractivity contribution < 1.29 is 54.9 Å². The Labute approximate surface area is 424 Å². The standard InChI is InChI=1S/C30H40F3N3O3.C26H31F3N2O3/c1-21-26(29(37)34-25-9-13-38-14-10-25)18-28(36(21)19-22-5-3-2-4-6-22)23-7-8-24(27(17-23)30(31,32)33)20-35-11-15-39-16-12-35;1-17-22(25(33)30-21-9-11-34-12-10-21)14-24(31(17)15-18-5-3-2-4-6-18)19-7-8-20(16-32)23(13-19)26(27,28)29/h7-8,17-18,22,25H,2-6,9-16,19-20H2,1H3,(H,34,37);7-8,13-14,16,18,21H,2-6,9-12,15H2,1H3,(H,30,33). The second-order valence-electron chi connectivity index (χ2n) is 20.7. The first-order valence-corrected chi connectivity index (χ1v) is 26.4. The van der Waals surface area contributed by atoms with Crippen LogP contribution in [0.5, 0.6) is 0 Å². The molecular formula is C56H71F6N5O6. The van der Waals surface area contributed by atoms with E-state index < -0.39 is 29.0 Å². The summed E-state index contributed by atoms with van der Waals surface area (Å²) in [4.78, 5) is 39.7. The molecule has 5 fully saturated rings. The number of rotatable bonds is 13. The van der Waals surface area contributed by atoms with Crippen LogP contribution in [0.2, 0.25) is 0 Å². The van der Waals surface area contributed by atoms with Crippen molar-refractivity contribution in [2.75, 3.05) is 52.7 Å². The average Bonchev–Trinajstić information content (AvgIpc) is 3.89. The topological polar surface area (TPSA) is 116 Å². The van der Waals surface area contributed by atoms with Gasteiger partial charge in [-0.15, -0.1) is 0 Å². The van der Waals surface area contributed by atoms with Gasteiger partial charge in [0.2, 0.25) is 0 Å². The van der Waals surface area contributed by atoms with Crippen LogP contribution >= 0.6 is 0 Å². The third-order valence-electron chi connectivity index (χ3n) is 15.7. The molecule has 2 aromatic carbocycles. The van der Waals surface area contributed by atoms with Crippen LogP contribution in [-0.2, 0) is 46.2 Å². The lowest BCUT2D eigenvalue weighted by Crippen LogP contribution is -2.39. The zero-order valence-electron chi connectivity index (χ0n) is 42.2. The van der Waals surface area contributed by atoms with Crippen molar-refractivity contribution in [1.29, 1.82) is 0 Å². The molecule has 2 N–H and O–H groups in total. The normalized spacial score (nSPS) is 19.3. The predicted molar refractivity (Wildman–Crippen MR) is 266 cm³/mol. The molecule has 0 bridgehead atoms. The van der Waals surface area contributed by atoms with E-state index in [1.165, 1.54) is 43.9 Å². The lowest BCUT2D eigenvalue weighted by Gasteiger charge is -2.28. The molecule has 2 saturated carbocycles. The number of carbonyl (C=O) groups excluding carboxylic acids is 3. The second-order valence-corrected chi connectivity index (χ2v) is 20.7. The summed E-state index contributed by atoms with van der Waals surface area (Å²) in [5, 5.41) is 6.20. The number of alkyl halides is 6. The summed E-state index contributed by atoms with van der Waals surface area (Å²) < 4.78 is 104. The van der Waals surface area contributed by atoms with Gasteiger partial charge in [-0.25, -0.2) is 0 Å². The maximum absolute atomic E-state index is 14.3. The molecule has 9 rings (SSSR count). The van der Waals surface area contributed by atoms with Gasteiger partial charge in [0.25, 0.3) is 11.8 Å². The van der Waals surface area contributed by atoms with Gasteiger partial charge in [-0.2, -0.15) is 26.3 Å². The summed E-state index contributed by atoms with van der Waals surface area (Å²) in [5.74, 6) is 0.496. The van der Waals surface area contributed by atoms with Gasteiger partial charge in [-0.05, 0) is 118 Å². The van der Waals surface area contributed by atoms with E-state index in [4.69, 9.17) is 14.2 Å². The van der Waals surface area contributed by atoms with Crippen LogP contribution < -0.4 is 10.6 Å². The predicted octanol–water partition coefficient (Wildman–Crippen LogP) is 11.6. The zero-order valence-corrected chi connectivity index (χ0v) is 42.2. The Morgan fingerprint density at radius 2 is 1.00 bits per heavy atom. The fraction of sp³-hybridized carbons (Fsp3) is 0.589. The molecule has 0 radical (unpaired) electrons. The number of carbonyl (C=O) groups is 3. The van der Waals surface area contributed by atoms with Crippen molar-refractivity contribution >= 4 is 18.1 Å². The first kappa shape index (κ1) is 54.3. The number of aromatic nitrogens is 2. The summed E-state index contributed by atoms with van der Waals surface area (Å²) in [6.07, 6.45) is 5.52. The molecule has 0 unspecified atom stereocenters. The molecule has 0 spiro atoms. The minimum absolute atomic E-state index is 0.0227. The first-order chi connectivity index (χ1) is 35.1. The van der Waals surface area contributed by atoms with E-state index in [9.17, 15) is 40.7 Å². The molecule has 3 aliphatic heterocycles. The van der Waals surface area contributed by atoms with Crippen LogP contribution in [0.4, 0.5) is 26.3 Å². The van der Waals surface area contributed by atoms with Crippen molar-refractivity contribution in [2.24, 2.45) is 11.8 Å². The van der Waals surface area contributed by atoms with Gasteiger partial charge in [-0.3, -0.25) is 19.3 Å². The molecule has 4 aromatic rings. The smallest absolute Gasteiger partial charge is 0.381 e. The van der Waals surface area contributed by atoms with Crippen molar-refractivity contribution in [1.82, 2.24) is 24.7 Å². The van der Waals surface area contributed by atoms with Gasteiger partial charge in [0.1, 0.15) is 0 Å². The number of morpholine rings is 1. The van der Waals surface area contributed by atoms with Crippen molar-refractivity contribution in [3.05, 3.63) is 93.3 Å². The monoisotopic (exact) mass is 1020 g/mol. The molecule has 73 heavy (non-hydrogen) atoms. The molecule has 398 valence electrons. The van der Waals surface area contributed by atoms with E-state index in [1.807, 2.05) is 23.3 Å². The highest BCUT2D eigenvalue weighted by Gasteiger charge is 2.36. The lowest BCUT2D eigenvalue weighted by molar-refractivity contribution is -0.139. The molecule has 3 saturated heterocycles. The van der Waals surface area contributed by atoms with Crippen molar-refractivity contribution in [2.45, 2.75) is 148 Å². The van der Waals surface area contributed by atoms with Crippen LogP contribution in [0.15, 0.2) is 48.5 Å². The number of aldehydes is 1. The molecule has 2 amide bonds. The maximum atomic E-state index is 14.3. The molecule has 5 heterocycles. The molecular weight excluding hydrogens is 953 g/mol. The van der Waals surface area contributed by atoms with E-state index in [1.54, 1.807) is 24.3 Å². The van der Waals surface area contributed by atoms with Crippen LogP contribution in [0, 0.1) is 25.7 Å². The van der Waals surface area contributed by atoms with Crippen LogP contribution in [0.3, 0.4) is 0 Å². The number of nitrogens with zero attached hydrogens (tertiary/aromatic N) is 3. The zero-order chi connectivity index (χ0) is 51.7. The van der Waals surface area contributed by atoms with Crippen LogP contribution in [0.25, 0.3) is 22.5 Å². The van der Waals surface area contributed by atoms with Gasteiger partial charge < -0.3 is 34.0 Å². The van der Waals surface area contributed by atoms with Gasteiger partial charge in [-0.1, -0.05) is 62.8 Å². The molecule has 11 nitrogen and oxygen atoms in total. The Hall–Kier alpha value is -4.97. The summed E-state index contributed by atoms with van der Waals surface area (Å²) in [6, 6.07) is 12.0. The number of benzene rings is 2. The minimum Gasteiger partial charge on any atom is -0.381 e. The molecule has 5 aliphatic rings. The van der Waals surface area contributed by atoms with E-state index in [0.717, 1.165) is 81.7 Å². The molecule has 0 atom stereocenters. The van der Waals surface area contributed by atoms with Crippen molar-refractivity contribution in [3.63, 3.8) is 0 Å². The van der Waals surface area contributed by atoms with Gasteiger partial charge in [0.05, 0.1) is 35.5 Å². The fourth-order valence-electron chi connectivity index (χ4n) is 11.4. The van der Waals surface area contributed by atoms with E-state index in [-0.39, 0.29) is 42.3 Å². The molecule has 2 aromatic heterocycles. The van der Waals surface area contributed by atoms with E-state index in [0.29, 0.717) is 111 Å². The summed E-state index contributed by atoms with van der Waals surface area (Å²) in [6.45, 7) is 10.1. The van der Waals surface area contributed by atoms with Gasteiger partial charge >= 0.3 is 12.4 Å². The Morgan fingerprint density at radius 3 is 1.44 bits per heavy atom. The van der Waals surface area contributed by atoms with E-state index >= 15 is 0 Å². The Balaban J connectivity index is 0.000000197. The third-order valence-corrected chi connectivity index (χ3v) is 15.7.